The van der Waals surface area contributed by atoms with E-state index in [1.807, 2.05) is 30.3 Å². The van der Waals surface area contributed by atoms with Crippen molar-refractivity contribution >= 4 is 17.5 Å². The van der Waals surface area contributed by atoms with Gasteiger partial charge < -0.3 is 10.4 Å². The van der Waals surface area contributed by atoms with Gasteiger partial charge in [-0.3, -0.25) is 0 Å². The summed E-state index contributed by atoms with van der Waals surface area (Å²) in [5, 5.41) is 12.0. The Kier molecular flexibility index (Phi) is 3.00. The maximum absolute atomic E-state index is 11.0. The number of aromatic nitrogens is 2. The smallest absolute Gasteiger partial charge is 0.358 e. The SMILES string of the molecule is Cc1cnc(Nc2ccccc2)c(C(=O)O)n1. The third kappa shape index (κ3) is 2.57. The van der Waals surface area contributed by atoms with E-state index in [0.717, 1.165) is 5.69 Å². The van der Waals surface area contributed by atoms with Crippen molar-refractivity contribution in [3.8, 4) is 0 Å². The van der Waals surface area contributed by atoms with Crippen molar-refractivity contribution in [1.82, 2.24) is 9.97 Å². The van der Waals surface area contributed by atoms with Crippen LogP contribution in [0, 0.1) is 6.92 Å². The highest BCUT2D eigenvalue weighted by Crippen LogP contribution is 2.16. The Morgan fingerprint density at radius 1 is 1.29 bits per heavy atom. The number of para-hydroxylation sites is 1. The molecule has 1 heterocycles. The molecular formula is C12H11N3O2. The molecule has 0 saturated carbocycles. The molecule has 0 aliphatic rings. The molecule has 5 heteroatoms. The van der Waals surface area contributed by atoms with Crippen molar-refractivity contribution in [2.45, 2.75) is 6.92 Å². The first-order valence-corrected chi connectivity index (χ1v) is 5.06. The summed E-state index contributed by atoms with van der Waals surface area (Å²) in [5.41, 5.74) is 1.27. The van der Waals surface area contributed by atoms with E-state index >= 15 is 0 Å². The lowest BCUT2D eigenvalue weighted by molar-refractivity contribution is 0.0691. The fraction of sp³-hybridized carbons (Fsp3) is 0.0833. The van der Waals surface area contributed by atoms with Crippen LogP contribution in [-0.4, -0.2) is 21.0 Å². The van der Waals surface area contributed by atoms with Gasteiger partial charge in [0.05, 0.1) is 11.9 Å². The lowest BCUT2D eigenvalue weighted by atomic mass is 10.3. The molecule has 1 aromatic heterocycles. The molecule has 0 atom stereocenters. The van der Waals surface area contributed by atoms with Gasteiger partial charge in [-0.25, -0.2) is 14.8 Å². The van der Waals surface area contributed by atoms with Gasteiger partial charge in [-0.2, -0.15) is 0 Å². The number of carboxylic acid groups (broad SMARTS) is 1. The molecule has 2 aromatic rings. The highest BCUT2D eigenvalue weighted by atomic mass is 16.4. The quantitative estimate of drug-likeness (QED) is 0.844. The van der Waals surface area contributed by atoms with Crippen LogP contribution in [0.25, 0.3) is 0 Å². The molecule has 0 aliphatic carbocycles. The summed E-state index contributed by atoms with van der Waals surface area (Å²) in [6.07, 6.45) is 1.53. The maximum Gasteiger partial charge on any atom is 0.358 e. The average molecular weight is 229 g/mol. The molecule has 0 spiro atoms. The number of anilines is 2. The normalized spacial score (nSPS) is 9.94. The summed E-state index contributed by atoms with van der Waals surface area (Å²) >= 11 is 0. The van der Waals surface area contributed by atoms with Gasteiger partial charge in [0.1, 0.15) is 0 Å². The number of benzene rings is 1. The van der Waals surface area contributed by atoms with Gasteiger partial charge in [0.15, 0.2) is 11.5 Å². The standard InChI is InChI=1S/C12H11N3O2/c1-8-7-13-11(10(14-8)12(16)17)15-9-5-3-2-4-6-9/h2-7H,1H3,(H,13,15)(H,16,17). The van der Waals surface area contributed by atoms with Gasteiger partial charge in [0.2, 0.25) is 0 Å². The van der Waals surface area contributed by atoms with Crippen molar-refractivity contribution in [3.63, 3.8) is 0 Å². The van der Waals surface area contributed by atoms with E-state index in [9.17, 15) is 4.79 Å². The predicted molar refractivity (Wildman–Crippen MR) is 63.5 cm³/mol. The topological polar surface area (TPSA) is 75.1 Å². The van der Waals surface area contributed by atoms with E-state index in [2.05, 4.69) is 15.3 Å². The second-order valence-electron chi connectivity index (χ2n) is 3.50. The molecule has 0 fully saturated rings. The number of hydrogen-bond donors (Lipinski definition) is 2. The molecule has 0 unspecified atom stereocenters. The molecule has 1 aromatic carbocycles. The van der Waals surface area contributed by atoms with Crippen LogP contribution in [0.4, 0.5) is 11.5 Å². The zero-order valence-electron chi connectivity index (χ0n) is 9.21. The van der Waals surface area contributed by atoms with E-state index < -0.39 is 5.97 Å². The summed E-state index contributed by atoms with van der Waals surface area (Å²) in [6.45, 7) is 1.70. The first-order chi connectivity index (χ1) is 8.16. The summed E-state index contributed by atoms with van der Waals surface area (Å²) < 4.78 is 0. The van der Waals surface area contributed by atoms with Crippen molar-refractivity contribution in [1.29, 1.82) is 0 Å². The predicted octanol–water partition coefficient (Wildman–Crippen LogP) is 2.23. The summed E-state index contributed by atoms with van der Waals surface area (Å²) in [5.74, 6) is -0.853. The number of aromatic carboxylic acids is 1. The van der Waals surface area contributed by atoms with Crippen molar-refractivity contribution in [3.05, 3.63) is 47.9 Å². The van der Waals surface area contributed by atoms with Crippen molar-refractivity contribution in [2.24, 2.45) is 0 Å². The molecule has 2 N–H and O–H groups in total. The third-order valence-electron chi connectivity index (χ3n) is 2.13. The molecular weight excluding hydrogens is 218 g/mol. The average Bonchev–Trinajstić information content (AvgIpc) is 2.32. The molecule has 17 heavy (non-hydrogen) atoms. The molecule has 0 saturated heterocycles. The van der Waals surface area contributed by atoms with Crippen molar-refractivity contribution in [2.75, 3.05) is 5.32 Å². The maximum atomic E-state index is 11.0. The Balaban J connectivity index is 2.36. The molecule has 5 nitrogen and oxygen atoms in total. The van der Waals surface area contributed by atoms with E-state index in [1.165, 1.54) is 6.20 Å². The van der Waals surface area contributed by atoms with Crippen LogP contribution in [0.2, 0.25) is 0 Å². The van der Waals surface area contributed by atoms with Gasteiger partial charge in [-0.15, -0.1) is 0 Å². The molecule has 0 radical (unpaired) electrons. The van der Waals surface area contributed by atoms with E-state index in [-0.39, 0.29) is 11.5 Å². The lowest BCUT2D eigenvalue weighted by Crippen LogP contribution is -2.08. The second-order valence-corrected chi connectivity index (χ2v) is 3.50. The number of aryl methyl sites for hydroxylation is 1. The number of carboxylic acids is 1. The highest BCUT2D eigenvalue weighted by molar-refractivity contribution is 5.91. The van der Waals surface area contributed by atoms with E-state index in [4.69, 9.17) is 5.11 Å². The fourth-order valence-electron chi connectivity index (χ4n) is 1.38. The van der Waals surface area contributed by atoms with Crippen molar-refractivity contribution < 1.29 is 9.90 Å². The van der Waals surface area contributed by atoms with Crippen LogP contribution in [0.5, 0.6) is 0 Å². The monoisotopic (exact) mass is 229 g/mol. The highest BCUT2D eigenvalue weighted by Gasteiger charge is 2.13. The van der Waals surface area contributed by atoms with Gasteiger partial charge in [-0.1, -0.05) is 18.2 Å². The summed E-state index contributed by atoms with van der Waals surface area (Å²) in [7, 11) is 0. The third-order valence-corrected chi connectivity index (χ3v) is 2.13. The van der Waals surface area contributed by atoms with Crippen LogP contribution < -0.4 is 5.32 Å². The minimum absolute atomic E-state index is 0.0751. The lowest BCUT2D eigenvalue weighted by Gasteiger charge is -2.07. The zero-order valence-corrected chi connectivity index (χ0v) is 9.21. The number of nitrogens with one attached hydrogen (secondary N) is 1. The molecule has 0 bridgehead atoms. The number of nitrogens with zero attached hydrogens (tertiary/aromatic N) is 2. The van der Waals surface area contributed by atoms with Gasteiger partial charge in [-0.05, 0) is 19.1 Å². The first kappa shape index (κ1) is 11.1. The molecule has 2 rings (SSSR count). The minimum Gasteiger partial charge on any atom is -0.476 e. The van der Waals surface area contributed by atoms with Crippen LogP contribution in [0.3, 0.4) is 0 Å². The van der Waals surface area contributed by atoms with Crippen LogP contribution >= 0.6 is 0 Å². The number of rotatable bonds is 3. The van der Waals surface area contributed by atoms with Gasteiger partial charge >= 0.3 is 5.97 Å². The van der Waals surface area contributed by atoms with Crippen LogP contribution in [0.1, 0.15) is 16.2 Å². The van der Waals surface area contributed by atoms with Crippen LogP contribution in [-0.2, 0) is 0 Å². The van der Waals surface area contributed by atoms with E-state index in [1.54, 1.807) is 6.92 Å². The summed E-state index contributed by atoms with van der Waals surface area (Å²) in [4.78, 5) is 19.0. The van der Waals surface area contributed by atoms with Crippen LogP contribution in [0.15, 0.2) is 36.5 Å². The molecule has 0 amide bonds. The Hall–Kier alpha value is -2.43. The Morgan fingerprint density at radius 3 is 2.65 bits per heavy atom. The van der Waals surface area contributed by atoms with E-state index in [0.29, 0.717) is 5.69 Å². The first-order valence-electron chi connectivity index (χ1n) is 5.06. The van der Waals surface area contributed by atoms with Gasteiger partial charge in [0, 0.05) is 5.69 Å². The largest absolute Gasteiger partial charge is 0.476 e. The summed E-state index contributed by atoms with van der Waals surface area (Å²) in [6, 6.07) is 9.24. The zero-order chi connectivity index (χ0) is 12.3. The van der Waals surface area contributed by atoms with Gasteiger partial charge in [0.25, 0.3) is 0 Å². The number of hydrogen-bond acceptors (Lipinski definition) is 4. The Bertz CT molecular complexity index is 541. The number of carbonyl (C=O) groups is 1. The minimum atomic E-state index is -1.10. The Morgan fingerprint density at radius 2 is 2.00 bits per heavy atom. The fourth-order valence-corrected chi connectivity index (χ4v) is 1.38. The molecule has 86 valence electrons. The second kappa shape index (κ2) is 4.61. The Labute approximate surface area is 98.2 Å². The molecule has 0 aliphatic heterocycles.